The summed E-state index contributed by atoms with van der Waals surface area (Å²) < 4.78 is 68.0. The van der Waals surface area contributed by atoms with Crippen molar-refractivity contribution < 1.29 is 80.2 Å². The van der Waals surface area contributed by atoms with Gasteiger partial charge in [0.2, 0.25) is 0 Å². The van der Waals surface area contributed by atoms with Gasteiger partial charge in [-0.3, -0.25) is 37.3 Å². The number of hydrogen-bond acceptors (Lipinski definition) is 15. The van der Waals surface area contributed by atoms with Crippen molar-refractivity contribution in [2.45, 2.75) is 324 Å². The molecule has 0 rings (SSSR count). The molecule has 0 aromatic rings. The minimum Gasteiger partial charge on any atom is -0.462 e. The SMILES string of the molecule is CCC(C)CCCCCCCCC(=O)O[C@H](COC(=O)CCCCCCCCCC(C)C)COP(=O)(O)OCC(O)COP(=O)(O)OC[C@@H](COC(=O)CCCCCCCCC(C)C)OC(=O)CCCCCCCCCCCCCC(C)C. The molecule has 6 atom stereocenters. The third kappa shape index (κ3) is 57.6. The molecule has 0 aromatic carbocycles. The molecule has 83 heavy (non-hydrogen) atoms. The van der Waals surface area contributed by atoms with Crippen LogP contribution in [0.2, 0.25) is 0 Å². The zero-order chi connectivity index (χ0) is 61.8. The van der Waals surface area contributed by atoms with Crippen molar-refractivity contribution in [3.8, 4) is 0 Å². The van der Waals surface area contributed by atoms with Crippen molar-refractivity contribution in [3.05, 3.63) is 0 Å². The summed E-state index contributed by atoms with van der Waals surface area (Å²) >= 11 is 0. The fourth-order valence-electron chi connectivity index (χ4n) is 9.40. The number of aliphatic hydroxyl groups excluding tert-OH is 1. The summed E-state index contributed by atoms with van der Waals surface area (Å²) in [5.74, 6) is 0.727. The van der Waals surface area contributed by atoms with Crippen LogP contribution in [0.15, 0.2) is 0 Å². The normalized spacial score (nSPS) is 14.8. The van der Waals surface area contributed by atoms with Crippen molar-refractivity contribution in [2.75, 3.05) is 39.6 Å². The van der Waals surface area contributed by atoms with Gasteiger partial charge in [-0.15, -0.1) is 0 Å². The Kier molecular flexibility index (Phi) is 53.0. The first-order valence-electron chi connectivity index (χ1n) is 33.2. The molecule has 19 heteroatoms. The van der Waals surface area contributed by atoms with Gasteiger partial charge in [0.15, 0.2) is 12.2 Å². The molecule has 0 saturated carbocycles. The van der Waals surface area contributed by atoms with Gasteiger partial charge in [0.25, 0.3) is 0 Å². The standard InChI is InChI=1S/C64H124O17P2/c1-9-57(8)43-35-27-21-23-31-39-47-64(69)81-60(50-74-61(66)44-36-28-19-15-17-25-33-41-55(4)5)53-79-83(72,73)77-49-58(65)48-76-82(70,71)78-52-59(51-75-62(67)45-37-29-22-20-26-34-42-56(6)7)80-63(68)46-38-30-18-14-12-10-11-13-16-24-32-40-54(2)3/h54-60,65H,9-53H2,1-8H3,(H,70,71)(H,72,73)/t57?,58?,59-,60-/m1/s1. The molecule has 0 saturated heterocycles. The van der Waals surface area contributed by atoms with E-state index >= 15 is 0 Å². The van der Waals surface area contributed by atoms with E-state index in [4.69, 9.17) is 37.0 Å². The molecule has 0 aromatic heterocycles. The van der Waals surface area contributed by atoms with E-state index in [-0.39, 0.29) is 25.7 Å². The number of ether oxygens (including phenoxy) is 4. The van der Waals surface area contributed by atoms with E-state index in [0.29, 0.717) is 37.5 Å². The van der Waals surface area contributed by atoms with Gasteiger partial charge in [-0.2, -0.15) is 0 Å². The molecule has 17 nitrogen and oxygen atoms in total. The Balaban J connectivity index is 5.24. The van der Waals surface area contributed by atoms with Crippen molar-refractivity contribution in [1.82, 2.24) is 0 Å². The number of esters is 4. The number of rotatable bonds is 61. The Morgan fingerprint density at radius 2 is 0.578 bits per heavy atom. The minimum atomic E-state index is -4.95. The minimum absolute atomic E-state index is 0.101. The van der Waals surface area contributed by atoms with E-state index in [0.717, 1.165) is 115 Å². The summed E-state index contributed by atoms with van der Waals surface area (Å²) in [5.41, 5.74) is 0. The van der Waals surface area contributed by atoms with Gasteiger partial charge in [0.1, 0.15) is 19.3 Å². The van der Waals surface area contributed by atoms with Crippen molar-refractivity contribution >= 4 is 39.5 Å². The molecule has 4 unspecified atom stereocenters. The average molecular weight is 1230 g/mol. The lowest BCUT2D eigenvalue weighted by atomic mass is 10.00. The highest BCUT2D eigenvalue weighted by atomic mass is 31.2. The van der Waals surface area contributed by atoms with Crippen molar-refractivity contribution in [1.29, 1.82) is 0 Å². The number of carbonyl (C=O) groups is 4. The van der Waals surface area contributed by atoms with E-state index in [1.54, 1.807) is 0 Å². The first kappa shape index (κ1) is 81.1. The van der Waals surface area contributed by atoms with Gasteiger partial charge < -0.3 is 33.8 Å². The quantitative estimate of drug-likeness (QED) is 0.0222. The Hall–Kier alpha value is -1.94. The van der Waals surface area contributed by atoms with Gasteiger partial charge >= 0.3 is 39.5 Å². The third-order valence-electron chi connectivity index (χ3n) is 14.9. The molecule has 0 amide bonds. The van der Waals surface area contributed by atoms with Crippen LogP contribution < -0.4 is 0 Å². The average Bonchev–Trinajstić information content (AvgIpc) is 3.44. The predicted octanol–water partition coefficient (Wildman–Crippen LogP) is 17.4. The van der Waals surface area contributed by atoms with Crippen LogP contribution in [0.4, 0.5) is 0 Å². The molecule has 3 N–H and O–H groups in total. The Bertz CT molecular complexity index is 1660. The van der Waals surface area contributed by atoms with Crippen LogP contribution in [0.5, 0.6) is 0 Å². The van der Waals surface area contributed by atoms with Gasteiger partial charge in [0, 0.05) is 25.7 Å². The molecular formula is C64H124O17P2. The third-order valence-corrected chi connectivity index (χ3v) is 16.8. The second-order valence-electron chi connectivity index (χ2n) is 24.8. The molecule has 0 fully saturated rings. The summed E-state index contributed by atoms with van der Waals surface area (Å²) in [7, 11) is -9.89. The van der Waals surface area contributed by atoms with Gasteiger partial charge in [0.05, 0.1) is 26.4 Å². The summed E-state index contributed by atoms with van der Waals surface area (Å²) in [6, 6.07) is 0. The number of unbranched alkanes of at least 4 members (excludes halogenated alkanes) is 26. The maximum Gasteiger partial charge on any atom is 0.472 e. The number of phosphoric ester groups is 2. The van der Waals surface area contributed by atoms with Crippen LogP contribution in [0, 0.1) is 23.7 Å². The topological polar surface area (TPSA) is 237 Å². The van der Waals surface area contributed by atoms with E-state index < -0.39 is 97.5 Å². The van der Waals surface area contributed by atoms with Crippen LogP contribution in [-0.4, -0.2) is 96.7 Å². The largest absolute Gasteiger partial charge is 0.472 e. The second-order valence-corrected chi connectivity index (χ2v) is 27.7. The van der Waals surface area contributed by atoms with E-state index in [9.17, 15) is 43.2 Å². The molecule has 0 heterocycles. The monoisotopic (exact) mass is 1230 g/mol. The highest BCUT2D eigenvalue weighted by Crippen LogP contribution is 2.45. The number of phosphoric acid groups is 2. The van der Waals surface area contributed by atoms with Gasteiger partial charge in [-0.25, -0.2) is 9.13 Å². The highest BCUT2D eigenvalue weighted by Gasteiger charge is 2.30. The summed E-state index contributed by atoms with van der Waals surface area (Å²) in [6.07, 6.45) is 33.7. The molecule has 0 aliphatic carbocycles. The zero-order valence-corrected chi connectivity index (χ0v) is 55.6. The predicted molar refractivity (Wildman–Crippen MR) is 331 cm³/mol. The molecule has 0 aliphatic heterocycles. The van der Waals surface area contributed by atoms with Gasteiger partial charge in [-0.1, -0.05) is 254 Å². The van der Waals surface area contributed by atoms with Crippen LogP contribution in [0.25, 0.3) is 0 Å². The fraction of sp³-hybridized carbons (Fsp3) is 0.938. The van der Waals surface area contributed by atoms with E-state index in [1.165, 1.54) is 96.3 Å². The molecule has 0 spiro atoms. The molecular weight excluding hydrogens is 1100 g/mol. The number of carbonyl (C=O) groups excluding carboxylic acids is 4. The Labute approximate surface area is 505 Å². The lowest BCUT2D eigenvalue weighted by molar-refractivity contribution is -0.161. The molecule has 0 aliphatic rings. The maximum absolute atomic E-state index is 13.0. The number of aliphatic hydroxyl groups is 1. The zero-order valence-electron chi connectivity index (χ0n) is 53.8. The smallest absolute Gasteiger partial charge is 0.462 e. The van der Waals surface area contributed by atoms with E-state index in [1.807, 2.05) is 0 Å². The van der Waals surface area contributed by atoms with Crippen LogP contribution in [0.1, 0.15) is 306 Å². The first-order chi connectivity index (χ1) is 39.6. The molecule has 0 radical (unpaired) electrons. The van der Waals surface area contributed by atoms with E-state index in [2.05, 4.69) is 55.4 Å². The summed E-state index contributed by atoms with van der Waals surface area (Å²) in [6.45, 7) is 13.9. The van der Waals surface area contributed by atoms with Crippen molar-refractivity contribution in [3.63, 3.8) is 0 Å². The molecule has 492 valence electrons. The van der Waals surface area contributed by atoms with Crippen LogP contribution in [-0.2, 0) is 65.4 Å². The van der Waals surface area contributed by atoms with Crippen LogP contribution >= 0.6 is 15.6 Å². The highest BCUT2D eigenvalue weighted by molar-refractivity contribution is 7.47. The summed E-state index contributed by atoms with van der Waals surface area (Å²) in [5, 5.41) is 10.5. The van der Waals surface area contributed by atoms with Crippen molar-refractivity contribution in [2.24, 2.45) is 23.7 Å². The first-order valence-corrected chi connectivity index (χ1v) is 36.2. The second kappa shape index (κ2) is 54.2. The lowest BCUT2D eigenvalue weighted by Crippen LogP contribution is -2.30. The number of hydrogen-bond donors (Lipinski definition) is 3. The Morgan fingerprint density at radius 3 is 0.855 bits per heavy atom. The lowest BCUT2D eigenvalue weighted by Gasteiger charge is -2.21. The van der Waals surface area contributed by atoms with Crippen LogP contribution in [0.3, 0.4) is 0 Å². The van der Waals surface area contributed by atoms with Gasteiger partial charge in [-0.05, 0) is 49.4 Å². The molecule has 0 bridgehead atoms. The summed E-state index contributed by atoms with van der Waals surface area (Å²) in [4.78, 5) is 72.2. The maximum atomic E-state index is 13.0. The fourth-order valence-corrected chi connectivity index (χ4v) is 11.0. The Morgan fingerprint density at radius 1 is 0.337 bits per heavy atom.